The zero-order chi connectivity index (χ0) is 15.2. The van der Waals surface area contributed by atoms with Crippen LogP contribution in [-0.4, -0.2) is 47.8 Å². The minimum atomic E-state index is 0.120. The van der Waals surface area contributed by atoms with E-state index in [-0.39, 0.29) is 11.8 Å². The molecule has 1 aliphatic rings. The van der Waals surface area contributed by atoms with Crippen LogP contribution >= 0.6 is 22.9 Å². The Bertz CT molecular complexity index is 496. The van der Waals surface area contributed by atoms with Gasteiger partial charge < -0.3 is 9.80 Å². The van der Waals surface area contributed by atoms with Gasteiger partial charge in [-0.3, -0.25) is 9.59 Å². The molecule has 1 aromatic rings. The van der Waals surface area contributed by atoms with Crippen LogP contribution < -0.4 is 0 Å². The molecule has 2 amide bonds. The number of carbonyl (C=O) groups excluding carboxylic acids is 2. The molecule has 0 unspecified atom stereocenters. The van der Waals surface area contributed by atoms with E-state index in [2.05, 4.69) is 6.92 Å². The molecular formula is C15H21ClN2O2S. The zero-order valence-electron chi connectivity index (χ0n) is 12.3. The van der Waals surface area contributed by atoms with Gasteiger partial charge in [0.15, 0.2) is 0 Å². The van der Waals surface area contributed by atoms with Crippen LogP contribution in [0.25, 0.3) is 0 Å². The number of unbranched alkanes of at least 4 members (excludes halogenated alkanes) is 1. The van der Waals surface area contributed by atoms with Gasteiger partial charge in [0, 0.05) is 37.5 Å². The van der Waals surface area contributed by atoms with Crippen molar-refractivity contribution in [1.82, 2.24) is 9.80 Å². The van der Waals surface area contributed by atoms with Crippen molar-refractivity contribution < 1.29 is 9.59 Å². The summed E-state index contributed by atoms with van der Waals surface area (Å²) in [4.78, 5) is 28.9. The molecule has 0 aromatic carbocycles. The maximum atomic E-state index is 12.2. The second kappa shape index (κ2) is 7.80. The van der Waals surface area contributed by atoms with Gasteiger partial charge in [-0.15, -0.1) is 11.3 Å². The highest BCUT2D eigenvalue weighted by atomic mass is 35.5. The van der Waals surface area contributed by atoms with E-state index < -0.39 is 0 Å². The van der Waals surface area contributed by atoms with Crippen LogP contribution in [0.5, 0.6) is 0 Å². The van der Waals surface area contributed by atoms with E-state index in [0.29, 0.717) is 43.4 Å². The van der Waals surface area contributed by atoms with Gasteiger partial charge in [0.1, 0.15) is 0 Å². The highest BCUT2D eigenvalue weighted by Gasteiger charge is 2.23. The van der Waals surface area contributed by atoms with Crippen LogP contribution in [0.2, 0.25) is 4.34 Å². The summed E-state index contributed by atoms with van der Waals surface area (Å²) in [6.07, 6.45) is 3.00. The van der Waals surface area contributed by atoms with Crippen LogP contribution in [-0.2, 0) is 16.0 Å². The van der Waals surface area contributed by atoms with E-state index in [1.807, 2.05) is 21.9 Å². The van der Waals surface area contributed by atoms with Crippen molar-refractivity contribution in [2.75, 3.05) is 26.2 Å². The fourth-order valence-corrected chi connectivity index (χ4v) is 3.48. The number of nitrogens with zero attached hydrogens (tertiary/aromatic N) is 2. The second-order valence-corrected chi connectivity index (χ2v) is 7.05. The van der Waals surface area contributed by atoms with Gasteiger partial charge in [0.05, 0.1) is 10.8 Å². The number of thiophene rings is 1. The van der Waals surface area contributed by atoms with Gasteiger partial charge in [0.25, 0.3) is 0 Å². The maximum absolute atomic E-state index is 12.2. The number of piperazine rings is 1. The van der Waals surface area contributed by atoms with Crippen molar-refractivity contribution in [3.8, 4) is 0 Å². The summed E-state index contributed by atoms with van der Waals surface area (Å²) in [5, 5.41) is 0. The first kappa shape index (κ1) is 16.3. The first-order valence-electron chi connectivity index (χ1n) is 7.40. The van der Waals surface area contributed by atoms with E-state index in [1.54, 1.807) is 0 Å². The molecule has 0 saturated carbocycles. The Hall–Kier alpha value is -1.07. The molecule has 0 bridgehead atoms. The smallest absolute Gasteiger partial charge is 0.227 e. The molecule has 0 aliphatic carbocycles. The summed E-state index contributed by atoms with van der Waals surface area (Å²) in [6.45, 7) is 4.66. The Morgan fingerprint density at radius 3 is 2.29 bits per heavy atom. The normalized spacial score (nSPS) is 15.3. The third-order valence-electron chi connectivity index (χ3n) is 3.68. The molecule has 0 radical (unpaired) electrons. The molecule has 0 spiro atoms. The Balaban J connectivity index is 1.78. The van der Waals surface area contributed by atoms with E-state index in [9.17, 15) is 9.59 Å². The quantitative estimate of drug-likeness (QED) is 0.834. The summed E-state index contributed by atoms with van der Waals surface area (Å²) < 4.78 is 0.712. The molecule has 2 rings (SSSR count). The number of amides is 2. The Kier molecular flexibility index (Phi) is 6.06. The molecule has 6 heteroatoms. The predicted octanol–water partition coefficient (Wildman–Crippen LogP) is 2.81. The van der Waals surface area contributed by atoms with Gasteiger partial charge in [-0.1, -0.05) is 24.9 Å². The maximum Gasteiger partial charge on any atom is 0.227 e. The molecule has 116 valence electrons. The van der Waals surface area contributed by atoms with Gasteiger partial charge >= 0.3 is 0 Å². The highest BCUT2D eigenvalue weighted by Crippen LogP contribution is 2.22. The molecule has 1 aromatic heterocycles. The lowest BCUT2D eigenvalue weighted by atomic mass is 10.2. The highest BCUT2D eigenvalue weighted by molar-refractivity contribution is 7.16. The molecule has 0 atom stereocenters. The van der Waals surface area contributed by atoms with Crippen molar-refractivity contribution in [2.24, 2.45) is 0 Å². The molecule has 0 N–H and O–H groups in total. The Morgan fingerprint density at radius 1 is 1.14 bits per heavy atom. The monoisotopic (exact) mass is 328 g/mol. The molecule has 1 saturated heterocycles. The third kappa shape index (κ3) is 4.71. The summed E-state index contributed by atoms with van der Waals surface area (Å²) in [7, 11) is 0. The molecule has 1 aliphatic heterocycles. The largest absolute Gasteiger partial charge is 0.339 e. The van der Waals surface area contributed by atoms with Crippen molar-refractivity contribution in [3.05, 3.63) is 21.3 Å². The van der Waals surface area contributed by atoms with Crippen LogP contribution in [0.4, 0.5) is 0 Å². The average Bonchev–Trinajstić information content (AvgIpc) is 2.90. The second-order valence-electron chi connectivity index (χ2n) is 5.25. The van der Waals surface area contributed by atoms with Crippen LogP contribution in [0.15, 0.2) is 12.1 Å². The number of hydrogen-bond donors (Lipinski definition) is 0. The summed E-state index contributed by atoms with van der Waals surface area (Å²) in [5.41, 5.74) is 0. The van der Waals surface area contributed by atoms with E-state index in [0.717, 1.165) is 17.7 Å². The molecule has 21 heavy (non-hydrogen) atoms. The van der Waals surface area contributed by atoms with E-state index in [1.165, 1.54) is 11.3 Å². The number of carbonyl (C=O) groups is 2. The molecular weight excluding hydrogens is 308 g/mol. The fourth-order valence-electron chi connectivity index (χ4n) is 2.40. The topological polar surface area (TPSA) is 40.6 Å². The van der Waals surface area contributed by atoms with Gasteiger partial charge in [-0.25, -0.2) is 0 Å². The van der Waals surface area contributed by atoms with Gasteiger partial charge in [-0.05, 0) is 18.6 Å². The van der Waals surface area contributed by atoms with E-state index >= 15 is 0 Å². The first-order valence-corrected chi connectivity index (χ1v) is 8.59. The summed E-state index contributed by atoms with van der Waals surface area (Å²) in [6, 6.07) is 3.72. The summed E-state index contributed by atoms with van der Waals surface area (Å²) >= 11 is 7.32. The van der Waals surface area contributed by atoms with E-state index in [4.69, 9.17) is 11.6 Å². The number of hydrogen-bond acceptors (Lipinski definition) is 3. The lowest BCUT2D eigenvalue weighted by Crippen LogP contribution is -2.50. The van der Waals surface area contributed by atoms with Crippen molar-refractivity contribution in [3.63, 3.8) is 0 Å². The van der Waals surface area contributed by atoms with Crippen LogP contribution in [0, 0.1) is 0 Å². The molecule has 1 fully saturated rings. The molecule has 2 heterocycles. The minimum absolute atomic E-state index is 0.120. The lowest BCUT2D eigenvalue weighted by Gasteiger charge is -2.34. The fraction of sp³-hybridized carbons (Fsp3) is 0.600. The number of halogens is 1. The van der Waals surface area contributed by atoms with Crippen LogP contribution in [0.1, 0.15) is 31.1 Å². The SMILES string of the molecule is CCCCC(=O)N1CCN(C(=O)Cc2ccc(Cl)s2)CC1. The average molecular weight is 329 g/mol. The van der Waals surface area contributed by atoms with Crippen LogP contribution in [0.3, 0.4) is 0 Å². The standard InChI is InChI=1S/C15H21ClN2O2S/c1-2-3-4-14(19)17-7-9-18(10-8-17)15(20)11-12-5-6-13(16)21-12/h5-6H,2-4,7-11H2,1H3. The van der Waals surface area contributed by atoms with Gasteiger partial charge in [0.2, 0.25) is 11.8 Å². The van der Waals surface area contributed by atoms with Gasteiger partial charge in [-0.2, -0.15) is 0 Å². The third-order valence-corrected chi connectivity index (χ3v) is 4.91. The number of rotatable bonds is 5. The Labute approximate surface area is 134 Å². The minimum Gasteiger partial charge on any atom is -0.339 e. The molecule has 4 nitrogen and oxygen atoms in total. The Morgan fingerprint density at radius 2 is 1.76 bits per heavy atom. The lowest BCUT2D eigenvalue weighted by molar-refractivity contribution is -0.139. The first-order chi connectivity index (χ1) is 10.1. The summed E-state index contributed by atoms with van der Waals surface area (Å²) in [5.74, 6) is 0.336. The zero-order valence-corrected chi connectivity index (χ0v) is 13.9. The van der Waals surface area contributed by atoms with Crippen molar-refractivity contribution in [2.45, 2.75) is 32.6 Å². The van der Waals surface area contributed by atoms with Crippen molar-refractivity contribution >= 4 is 34.8 Å². The van der Waals surface area contributed by atoms with Crippen molar-refractivity contribution in [1.29, 1.82) is 0 Å². The predicted molar refractivity (Wildman–Crippen MR) is 85.7 cm³/mol.